The molecule has 1 amide bonds. The Morgan fingerprint density at radius 2 is 1.93 bits per heavy atom. The molecule has 1 atom stereocenters. The summed E-state index contributed by atoms with van der Waals surface area (Å²) < 4.78 is 43.6. The van der Waals surface area contributed by atoms with Gasteiger partial charge in [-0.25, -0.2) is 17.9 Å². The van der Waals surface area contributed by atoms with Crippen molar-refractivity contribution in [1.29, 1.82) is 0 Å². The number of benzene rings is 1. The van der Waals surface area contributed by atoms with E-state index < -0.39 is 47.1 Å². The van der Waals surface area contributed by atoms with E-state index in [9.17, 15) is 22.8 Å². The highest BCUT2D eigenvalue weighted by Crippen LogP contribution is 2.36. The highest BCUT2D eigenvalue weighted by atomic mass is 19.1. The number of rotatable bonds is 5. The Labute approximate surface area is 163 Å². The lowest BCUT2D eigenvalue weighted by molar-refractivity contribution is -0.122. The van der Waals surface area contributed by atoms with Crippen molar-refractivity contribution in [1.82, 2.24) is 24.9 Å². The number of hydrogen-bond acceptors (Lipinski definition) is 4. The van der Waals surface area contributed by atoms with Gasteiger partial charge < -0.3 is 5.32 Å². The number of nitrogens with one attached hydrogen (secondary N) is 1. The molecular formula is C19H18F3N5O2. The van der Waals surface area contributed by atoms with Gasteiger partial charge in [0.25, 0.3) is 5.56 Å². The second kappa shape index (κ2) is 7.02. The largest absolute Gasteiger partial charge is 0.348 e. The Balaban J connectivity index is 1.56. The second-order valence-electron chi connectivity index (χ2n) is 7.20. The SMILES string of the molecule is Cc1nn(C2CC2)c2cnn(CC(=O)NC(C)c3c(F)cc(F)cc3F)c(=O)c12. The fraction of sp³-hybridized carbons (Fsp3) is 0.368. The Bertz CT molecular complexity index is 1160. The first-order chi connectivity index (χ1) is 13.8. The molecule has 2 aromatic heterocycles. The third-order valence-corrected chi connectivity index (χ3v) is 4.93. The average Bonchev–Trinajstić information content (AvgIpc) is 3.40. The van der Waals surface area contributed by atoms with E-state index in [4.69, 9.17) is 0 Å². The second-order valence-corrected chi connectivity index (χ2v) is 7.20. The molecule has 7 nitrogen and oxygen atoms in total. The van der Waals surface area contributed by atoms with Crippen molar-refractivity contribution in [3.63, 3.8) is 0 Å². The van der Waals surface area contributed by atoms with Crippen LogP contribution in [-0.4, -0.2) is 25.5 Å². The number of aryl methyl sites for hydroxylation is 1. The minimum Gasteiger partial charge on any atom is -0.348 e. The van der Waals surface area contributed by atoms with Crippen molar-refractivity contribution in [2.24, 2.45) is 0 Å². The molecule has 0 bridgehead atoms. The number of fused-ring (bicyclic) bond motifs is 1. The first-order valence-electron chi connectivity index (χ1n) is 9.15. The van der Waals surface area contributed by atoms with Crippen LogP contribution in [0.15, 0.2) is 23.1 Å². The summed E-state index contributed by atoms with van der Waals surface area (Å²) in [5.74, 6) is -3.92. The molecule has 1 aromatic carbocycles. The standard InChI is InChI=1S/C19H18F3N5O2/c1-9(17-13(21)5-11(20)6-14(17)22)24-16(28)8-26-19(29)18-10(2)25-27(12-3-4-12)15(18)7-23-26/h5-7,9,12H,3-4,8H2,1-2H3,(H,24,28). The zero-order valence-corrected chi connectivity index (χ0v) is 15.7. The molecule has 1 aliphatic carbocycles. The van der Waals surface area contributed by atoms with Crippen molar-refractivity contribution in [2.45, 2.75) is 45.3 Å². The average molecular weight is 405 g/mol. The van der Waals surface area contributed by atoms with Crippen LogP contribution in [-0.2, 0) is 11.3 Å². The Hall–Kier alpha value is -3.17. The van der Waals surface area contributed by atoms with Gasteiger partial charge in [-0.2, -0.15) is 10.2 Å². The van der Waals surface area contributed by atoms with Crippen molar-refractivity contribution in [3.8, 4) is 0 Å². The van der Waals surface area contributed by atoms with Crippen LogP contribution in [0.3, 0.4) is 0 Å². The molecule has 0 saturated heterocycles. The van der Waals surface area contributed by atoms with Crippen molar-refractivity contribution < 1.29 is 18.0 Å². The minimum absolute atomic E-state index is 0.271. The molecule has 0 radical (unpaired) electrons. The van der Waals surface area contributed by atoms with Crippen molar-refractivity contribution in [2.75, 3.05) is 0 Å². The number of hydrogen-bond donors (Lipinski definition) is 1. The summed E-state index contributed by atoms with van der Waals surface area (Å²) in [6, 6.07) is 0.290. The van der Waals surface area contributed by atoms with Crippen LogP contribution in [0.1, 0.15) is 43.1 Å². The summed E-state index contributed by atoms with van der Waals surface area (Å²) in [7, 11) is 0. The van der Waals surface area contributed by atoms with Gasteiger partial charge in [0.15, 0.2) is 0 Å². The first kappa shape index (κ1) is 19.2. The van der Waals surface area contributed by atoms with Crippen LogP contribution in [0.4, 0.5) is 13.2 Å². The molecule has 0 spiro atoms. The highest BCUT2D eigenvalue weighted by molar-refractivity contribution is 5.81. The smallest absolute Gasteiger partial charge is 0.278 e. The minimum atomic E-state index is -1.10. The highest BCUT2D eigenvalue weighted by Gasteiger charge is 2.28. The number of halogens is 3. The van der Waals surface area contributed by atoms with Crippen LogP contribution in [0.5, 0.6) is 0 Å². The number of nitrogens with zero attached hydrogens (tertiary/aromatic N) is 4. The van der Waals surface area contributed by atoms with E-state index in [1.54, 1.807) is 11.6 Å². The van der Waals surface area contributed by atoms with Gasteiger partial charge in [-0.15, -0.1) is 0 Å². The third kappa shape index (κ3) is 3.50. The van der Waals surface area contributed by atoms with Gasteiger partial charge >= 0.3 is 0 Å². The number of carbonyl (C=O) groups excluding carboxylic acids is 1. The van der Waals surface area contributed by atoms with E-state index in [-0.39, 0.29) is 6.04 Å². The molecule has 1 unspecified atom stereocenters. The summed E-state index contributed by atoms with van der Waals surface area (Å²) in [5, 5.41) is 11.2. The molecule has 1 saturated carbocycles. The summed E-state index contributed by atoms with van der Waals surface area (Å²) >= 11 is 0. The normalized spacial score (nSPS) is 14.9. The molecule has 10 heteroatoms. The molecule has 2 heterocycles. The van der Waals surface area contributed by atoms with E-state index in [1.807, 2.05) is 0 Å². The van der Waals surface area contributed by atoms with Gasteiger partial charge in [-0.05, 0) is 26.7 Å². The Kier molecular flexibility index (Phi) is 4.64. The van der Waals surface area contributed by atoms with E-state index in [1.165, 1.54) is 13.1 Å². The van der Waals surface area contributed by atoms with Gasteiger partial charge in [0.1, 0.15) is 24.0 Å². The maximum atomic E-state index is 13.9. The van der Waals surface area contributed by atoms with Crippen LogP contribution in [0.25, 0.3) is 10.9 Å². The molecule has 152 valence electrons. The maximum absolute atomic E-state index is 13.9. The van der Waals surface area contributed by atoms with E-state index >= 15 is 0 Å². The van der Waals surface area contributed by atoms with Gasteiger partial charge in [0.2, 0.25) is 5.91 Å². The van der Waals surface area contributed by atoms with E-state index in [2.05, 4.69) is 15.5 Å². The van der Waals surface area contributed by atoms with Crippen molar-refractivity contribution in [3.05, 3.63) is 57.4 Å². The lowest BCUT2D eigenvalue weighted by Crippen LogP contribution is -2.35. The van der Waals surface area contributed by atoms with Crippen LogP contribution >= 0.6 is 0 Å². The molecule has 3 aromatic rings. The molecule has 4 rings (SSSR count). The summed E-state index contributed by atoms with van der Waals surface area (Å²) in [6.07, 6.45) is 3.48. The molecular weight excluding hydrogens is 387 g/mol. The third-order valence-electron chi connectivity index (χ3n) is 4.93. The Morgan fingerprint density at radius 1 is 1.28 bits per heavy atom. The fourth-order valence-electron chi connectivity index (χ4n) is 3.43. The fourth-order valence-corrected chi connectivity index (χ4v) is 3.43. The zero-order chi connectivity index (χ0) is 20.9. The number of aromatic nitrogens is 4. The van der Waals surface area contributed by atoms with Gasteiger partial charge in [0.05, 0.1) is 34.9 Å². The molecule has 1 N–H and O–H groups in total. The zero-order valence-electron chi connectivity index (χ0n) is 15.7. The molecule has 1 fully saturated rings. The molecule has 0 aliphatic heterocycles. The topological polar surface area (TPSA) is 81.8 Å². The lowest BCUT2D eigenvalue weighted by Gasteiger charge is -2.16. The quantitative estimate of drug-likeness (QED) is 0.707. The number of amides is 1. The summed E-state index contributed by atoms with van der Waals surface area (Å²) in [5.41, 5.74) is 0.249. The van der Waals surface area contributed by atoms with Gasteiger partial charge in [-0.3, -0.25) is 14.3 Å². The maximum Gasteiger partial charge on any atom is 0.278 e. The number of carbonyl (C=O) groups is 1. The Morgan fingerprint density at radius 3 is 2.55 bits per heavy atom. The van der Waals surface area contributed by atoms with Crippen LogP contribution in [0.2, 0.25) is 0 Å². The predicted octanol–water partition coefficient (Wildman–Crippen LogP) is 2.53. The van der Waals surface area contributed by atoms with Gasteiger partial charge in [-0.1, -0.05) is 0 Å². The van der Waals surface area contributed by atoms with E-state index in [0.717, 1.165) is 17.5 Å². The van der Waals surface area contributed by atoms with E-state index in [0.29, 0.717) is 28.7 Å². The monoisotopic (exact) mass is 405 g/mol. The van der Waals surface area contributed by atoms with Crippen LogP contribution < -0.4 is 10.9 Å². The molecule has 1 aliphatic rings. The lowest BCUT2D eigenvalue weighted by atomic mass is 10.1. The van der Waals surface area contributed by atoms with Crippen molar-refractivity contribution >= 4 is 16.8 Å². The van der Waals surface area contributed by atoms with Gasteiger partial charge in [0, 0.05) is 17.7 Å². The molecule has 29 heavy (non-hydrogen) atoms. The predicted molar refractivity (Wildman–Crippen MR) is 97.7 cm³/mol. The summed E-state index contributed by atoms with van der Waals surface area (Å²) in [4.78, 5) is 25.1. The van der Waals surface area contributed by atoms with Crippen LogP contribution in [0, 0.1) is 24.4 Å². The summed E-state index contributed by atoms with van der Waals surface area (Å²) in [6.45, 7) is 2.65. The first-order valence-corrected chi connectivity index (χ1v) is 9.15.